The number of hydrogen-bond donors (Lipinski definition) is 0. The van der Waals surface area contributed by atoms with Crippen LogP contribution in [0.1, 0.15) is 32.1 Å². The van der Waals surface area contributed by atoms with Crippen molar-refractivity contribution < 1.29 is 4.79 Å². The third-order valence-corrected chi connectivity index (χ3v) is 5.65. The standard InChI is InChI=1S/C16H21N3O3S/c1-17(11-6-4-3-5-7-11)13(20)10-19-12-8-9-23-14(12)15(21)18(2)16(19)22/h8-9,11H,3-7,10H2,1-2H3. The van der Waals surface area contributed by atoms with Crippen molar-refractivity contribution in [2.45, 2.75) is 44.7 Å². The van der Waals surface area contributed by atoms with Crippen molar-refractivity contribution in [3.8, 4) is 0 Å². The first kappa shape index (κ1) is 16.0. The summed E-state index contributed by atoms with van der Waals surface area (Å²) in [5, 5.41) is 1.78. The van der Waals surface area contributed by atoms with Gasteiger partial charge in [0, 0.05) is 20.1 Å². The molecule has 0 bridgehead atoms. The lowest BCUT2D eigenvalue weighted by Gasteiger charge is -2.31. The van der Waals surface area contributed by atoms with Gasteiger partial charge in [-0.3, -0.25) is 18.7 Å². The molecule has 2 aromatic rings. The Hall–Kier alpha value is -1.89. The summed E-state index contributed by atoms with van der Waals surface area (Å²) in [4.78, 5) is 38.9. The summed E-state index contributed by atoms with van der Waals surface area (Å²) in [6.07, 6.45) is 5.58. The Bertz CT molecular complexity index is 842. The Morgan fingerprint density at radius 2 is 2.00 bits per heavy atom. The van der Waals surface area contributed by atoms with E-state index < -0.39 is 5.69 Å². The SMILES string of the molecule is CN(C(=O)Cn1c(=O)n(C)c(=O)c2sccc21)C1CCCCC1. The van der Waals surface area contributed by atoms with E-state index in [0.717, 1.165) is 30.3 Å². The van der Waals surface area contributed by atoms with Crippen molar-refractivity contribution in [1.82, 2.24) is 14.0 Å². The van der Waals surface area contributed by atoms with Crippen LogP contribution < -0.4 is 11.2 Å². The molecule has 1 amide bonds. The van der Waals surface area contributed by atoms with Gasteiger partial charge in [-0.05, 0) is 24.3 Å². The second-order valence-electron chi connectivity index (χ2n) is 6.16. The van der Waals surface area contributed by atoms with Gasteiger partial charge in [0.15, 0.2) is 0 Å². The minimum Gasteiger partial charge on any atom is -0.341 e. The molecule has 6 nitrogen and oxygen atoms in total. The molecule has 1 saturated carbocycles. The van der Waals surface area contributed by atoms with Gasteiger partial charge in [0.05, 0.1) is 5.52 Å². The van der Waals surface area contributed by atoms with Crippen LogP contribution in [0.15, 0.2) is 21.0 Å². The molecule has 23 heavy (non-hydrogen) atoms. The quantitative estimate of drug-likeness (QED) is 0.855. The van der Waals surface area contributed by atoms with Gasteiger partial charge < -0.3 is 4.90 Å². The number of hydrogen-bond acceptors (Lipinski definition) is 4. The second kappa shape index (κ2) is 6.31. The highest BCUT2D eigenvalue weighted by Crippen LogP contribution is 2.22. The summed E-state index contributed by atoms with van der Waals surface area (Å²) in [5.41, 5.74) is -0.191. The maximum absolute atomic E-state index is 12.6. The fourth-order valence-corrected chi connectivity index (χ4v) is 4.14. The van der Waals surface area contributed by atoms with E-state index in [0.29, 0.717) is 10.2 Å². The summed E-state index contributed by atoms with van der Waals surface area (Å²) in [7, 11) is 3.27. The van der Waals surface area contributed by atoms with Crippen LogP contribution in [0.5, 0.6) is 0 Å². The van der Waals surface area contributed by atoms with Crippen LogP contribution >= 0.6 is 11.3 Å². The van der Waals surface area contributed by atoms with Crippen LogP contribution in [0.3, 0.4) is 0 Å². The van der Waals surface area contributed by atoms with Crippen molar-refractivity contribution in [2.75, 3.05) is 7.05 Å². The normalized spacial score (nSPS) is 15.9. The van der Waals surface area contributed by atoms with Crippen molar-refractivity contribution in [3.63, 3.8) is 0 Å². The Kier molecular flexibility index (Phi) is 4.39. The molecular formula is C16H21N3O3S. The van der Waals surface area contributed by atoms with E-state index in [4.69, 9.17) is 0 Å². The van der Waals surface area contributed by atoms with E-state index >= 15 is 0 Å². The molecule has 0 N–H and O–H groups in total. The third kappa shape index (κ3) is 2.85. The number of rotatable bonds is 3. The van der Waals surface area contributed by atoms with Crippen LogP contribution in [0, 0.1) is 0 Å². The van der Waals surface area contributed by atoms with Gasteiger partial charge in [0.25, 0.3) is 5.56 Å². The first-order valence-corrected chi connectivity index (χ1v) is 8.81. The minimum absolute atomic E-state index is 0.0206. The molecule has 2 aromatic heterocycles. The smallest absolute Gasteiger partial charge is 0.331 e. The summed E-state index contributed by atoms with van der Waals surface area (Å²) in [6, 6.07) is 1.99. The van der Waals surface area contributed by atoms with Crippen molar-refractivity contribution in [1.29, 1.82) is 0 Å². The number of fused-ring (bicyclic) bond motifs is 1. The fourth-order valence-electron chi connectivity index (χ4n) is 3.27. The number of likely N-dealkylation sites (N-methyl/N-ethyl adjacent to an activating group) is 1. The molecule has 124 valence electrons. The molecule has 7 heteroatoms. The molecular weight excluding hydrogens is 314 g/mol. The van der Waals surface area contributed by atoms with Crippen molar-refractivity contribution in [2.24, 2.45) is 7.05 Å². The van der Waals surface area contributed by atoms with Crippen LogP contribution in [0.25, 0.3) is 10.2 Å². The Morgan fingerprint density at radius 1 is 1.30 bits per heavy atom. The number of carbonyl (C=O) groups is 1. The largest absolute Gasteiger partial charge is 0.341 e. The van der Waals surface area contributed by atoms with Gasteiger partial charge in [-0.15, -0.1) is 11.3 Å². The molecule has 0 aliphatic heterocycles. The van der Waals surface area contributed by atoms with Crippen molar-refractivity contribution >= 4 is 27.5 Å². The van der Waals surface area contributed by atoms with Gasteiger partial charge in [-0.1, -0.05) is 19.3 Å². The van der Waals surface area contributed by atoms with Crippen LogP contribution in [-0.4, -0.2) is 33.0 Å². The highest BCUT2D eigenvalue weighted by Gasteiger charge is 2.23. The van der Waals surface area contributed by atoms with Crippen LogP contribution in [0.2, 0.25) is 0 Å². The third-order valence-electron chi connectivity index (χ3n) is 4.76. The fraction of sp³-hybridized carbons (Fsp3) is 0.562. The lowest BCUT2D eigenvalue weighted by molar-refractivity contribution is -0.133. The second-order valence-corrected chi connectivity index (χ2v) is 7.08. The zero-order chi connectivity index (χ0) is 16.6. The van der Waals surface area contributed by atoms with Gasteiger partial charge >= 0.3 is 5.69 Å². The van der Waals surface area contributed by atoms with Gasteiger partial charge in [-0.2, -0.15) is 0 Å². The molecule has 0 spiro atoms. The zero-order valence-electron chi connectivity index (χ0n) is 13.4. The van der Waals surface area contributed by atoms with Gasteiger partial charge in [0.1, 0.15) is 11.2 Å². The number of aromatic nitrogens is 2. The van der Waals surface area contributed by atoms with Gasteiger partial charge in [0.2, 0.25) is 5.91 Å². The van der Waals surface area contributed by atoms with E-state index in [1.807, 2.05) is 7.05 Å². The van der Waals surface area contributed by atoms with E-state index in [-0.39, 0.29) is 24.1 Å². The number of carbonyl (C=O) groups excluding carboxylic acids is 1. The average Bonchev–Trinajstić information content (AvgIpc) is 3.06. The zero-order valence-corrected chi connectivity index (χ0v) is 14.3. The number of thiophene rings is 1. The average molecular weight is 335 g/mol. The molecule has 0 aromatic carbocycles. The number of amides is 1. The Balaban J connectivity index is 1.92. The van der Waals surface area contributed by atoms with Crippen LogP contribution in [-0.2, 0) is 18.4 Å². The lowest BCUT2D eigenvalue weighted by Crippen LogP contribution is -2.44. The Labute approximate surface area is 138 Å². The summed E-state index contributed by atoms with van der Waals surface area (Å²) >= 11 is 1.30. The molecule has 1 aliphatic rings. The predicted octanol–water partition coefficient (Wildman–Crippen LogP) is 1.55. The van der Waals surface area contributed by atoms with Gasteiger partial charge in [-0.25, -0.2) is 4.79 Å². The molecule has 3 rings (SSSR count). The molecule has 0 unspecified atom stereocenters. The summed E-state index contributed by atoms with van der Waals surface area (Å²) in [6.45, 7) is -0.0206. The predicted molar refractivity (Wildman–Crippen MR) is 91.0 cm³/mol. The molecule has 0 radical (unpaired) electrons. The molecule has 0 atom stereocenters. The topological polar surface area (TPSA) is 64.3 Å². The van der Waals surface area contributed by atoms with E-state index in [2.05, 4.69) is 0 Å². The Morgan fingerprint density at radius 3 is 2.70 bits per heavy atom. The monoisotopic (exact) mass is 335 g/mol. The first-order valence-electron chi connectivity index (χ1n) is 7.93. The molecule has 1 aliphatic carbocycles. The number of nitrogens with zero attached hydrogens (tertiary/aromatic N) is 3. The van der Waals surface area contributed by atoms with E-state index in [1.165, 1.54) is 29.4 Å². The lowest BCUT2D eigenvalue weighted by atomic mass is 9.94. The minimum atomic E-state index is -0.439. The maximum atomic E-state index is 12.6. The summed E-state index contributed by atoms with van der Waals surface area (Å²) in [5.74, 6) is -0.0786. The highest BCUT2D eigenvalue weighted by molar-refractivity contribution is 7.17. The molecule has 1 fully saturated rings. The molecule has 0 saturated heterocycles. The summed E-state index contributed by atoms with van der Waals surface area (Å²) < 4.78 is 3.00. The first-order chi connectivity index (χ1) is 11.0. The van der Waals surface area contributed by atoms with Crippen molar-refractivity contribution in [3.05, 3.63) is 32.3 Å². The van der Waals surface area contributed by atoms with Crippen LogP contribution in [0.4, 0.5) is 0 Å². The van der Waals surface area contributed by atoms with E-state index in [9.17, 15) is 14.4 Å². The maximum Gasteiger partial charge on any atom is 0.331 e. The highest BCUT2D eigenvalue weighted by atomic mass is 32.1. The van der Waals surface area contributed by atoms with E-state index in [1.54, 1.807) is 16.3 Å². The molecule has 2 heterocycles.